The summed E-state index contributed by atoms with van der Waals surface area (Å²) in [6, 6.07) is 14.1. The Morgan fingerprint density at radius 2 is 1.79 bits per heavy atom. The number of ether oxygens (including phenoxy) is 2. The molecule has 1 N–H and O–H groups in total. The molecule has 200 valence electrons. The van der Waals surface area contributed by atoms with Crippen LogP contribution < -0.4 is 14.4 Å². The van der Waals surface area contributed by atoms with Crippen molar-refractivity contribution in [3.63, 3.8) is 0 Å². The van der Waals surface area contributed by atoms with E-state index in [9.17, 15) is 14.7 Å². The van der Waals surface area contributed by atoms with Crippen molar-refractivity contribution in [3.05, 3.63) is 86.6 Å². The summed E-state index contributed by atoms with van der Waals surface area (Å²) < 4.78 is 11.5. The lowest BCUT2D eigenvalue weighted by atomic mass is 9.95. The summed E-state index contributed by atoms with van der Waals surface area (Å²) in [4.78, 5) is 33.4. The van der Waals surface area contributed by atoms with Crippen molar-refractivity contribution in [3.8, 4) is 11.5 Å². The fourth-order valence-electron chi connectivity index (χ4n) is 4.31. The number of thiazole rings is 1. The number of hydrogen-bond donors (Lipinski definition) is 1. The topological polar surface area (TPSA) is 115 Å². The second-order valence-electron chi connectivity index (χ2n) is 8.56. The highest BCUT2D eigenvalue weighted by Crippen LogP contribution is 2.46. The van der Waals surface area contributed by atoms with Gasteiger partial charge in [-0.15, -0.1) is 21.5 Å². The van der Waals surface area contributed by atoms with E-state index in [1.807, 2.05) is 30.3 Å². The normalized spacial score (nSPS) is 15.2. The van der Waals surface area contributed by atoms with Crippen molar-refractivity contribution in [1.29, 1.82) is 0 Å². The van der Waals surface area contributed by atoms with Gasteiger partial charge in [0.25, 0.3) is 5.91 Å². The lowest BCUT2D eigenvalue weighted by Crippen LogP contribution is -2.31. The Bertz CT molecular complexity index is 1580. The first-order chi connectivity index (χ1) is 18.8. The summed E-state index contributed by atoms with van der Waals surface area (Å²) in [5.74, 6) is -0.231. The Balaban J connectivity index is 1.56. The predicted molar refractivity (Wildman–Crippen MR) is 151 cm³/mol. The number of amides is 1. The molecule has 0 saturated heterocycles. The molecule has 3 heterocycles. The number of aliphatic hydroxyl groups is 1. The SMILES string of the molecule is COc1ccc(C2C(C(=O)c3sc(C)nc3C)=C(O)C(=O)N2c2nnc(SCc3ccccc3)s2)cc1OC. The number of benzene rings is 2. The molecule has 1 amide bonds. The number of thioether (sulfide) groups is 1. The maximum Gasteiger partial charge on any atom is 0.296 e. The van der Waals surface area contributed by atoms with Crippen LogP contribution in [-0.2, 0) is 10.5 Å². The van der Waals surface area contributed by atoms with Crippen molar-refractivity contribution in [2.24, 2.45) is 0 Å². The van der Waals surface area contributed by atoms with E-state index in [2.05, 4.69) is 15.2 Å². The number of anilines is 1. The molecule has 0 bridgehead atoms. The van der Waals surface area contributed by atoms with Gasteiger partial charge < -0.3 is 14.6 Å². The molecule has 0 aliphatic carbocycles. The minimum atomic E-state index is -0.966. The fourth-order valence-corrected chi connectivity index (χ4v) is 7.01. The van der Waals surface area contributed by atoms with Gasteiger partial charge in [0.05, 0.1) is 41.4 Å². The fraction of sp³-hybridized carbons (Fsp3) is 0.222. The number of ketones is 1. The summed E-state index contributed by atoms with van der Waals surface area (Å²) in [5, 5.41) is 20.6. The van der Waals surface area contributed by atoms with Crippen LogP contribution in [0.1, 0.15) is 37.5 Å². The van der Waals surface area contributed by atoms with Crippen LogP contribution >= 0.6 is 34.4 Å². The van der Waals surface area contributed by atoms with Gasteiger partial charge in [0.1, 0.15) is 0 Å². The molecule has 1 unspecified atom stereocenters. The molecule has 12 heteroatoms. The quantitative estimate of drug-likeness (QED) is 0.151. The Hall–Kier alpha value is -3.74. The average molecular weight is 581 g/mol. The van der Waals surface area contributed by atoms with Crippen LogP contribution in [0.4, 0.5) is 5.13 Å². The van der Waals surface area contributed by atoms with Crippen molar-refractivity contribution in [1.82, 2.24) is 15.2 Å². The smallest absolute Gasteiger partial charge is 0.296 e. The Kier molecular flexibility index (Phi) is 7.69. The Morgan fingerprint density at radius 3 is 2.46 bits per heavy atom. The van der Waals surface area contributed by atoms with E-state index < -0.39 is 23.5 Å². The molecular formula is C27H24N4O5S3. The molecule has 5 rings (SSSR count). The highest BCUT2D eigenvalue weighted by Gasteiger charge is 2.47. The molecule has 0 fully saturated rings. The number of aliphatic hydroxyl groups excluding tert-OH is 1. The van der Waals surface area contributed by atoms with Gasteiger partial charge in [0.15, 0.2) is 21.6 Å². The molecule has 1 aliphatic heterocycles. The first-order valence-corrected chi connectivity index (χ1v) is 14.4. The van der Waals surface area contributed by atoms with E-state index in [1.165, 1.54) is 53.6 Å². The number of methoxy groups -OCH3 is 2. The highest BCUT2D eigenvalue weighted by molar-refractivity contribution is 8.00. The molecule has 4 aromatic rings. The molecule has 0 saturated carbocycles. The number of Topliss-reactive ketones (excluding diaryl/α,β-unsaturated/α-hetero) is 1. The third kappa shape index (κ3) is 5.14. The van der Waals surface area contributed by atoms with E-state index in [-0.39, 0.29) is 10.7 Å². The van der Waals surface area contributed by atoms with Crippen LogP contribution in [0.25, 0.3) is 0 Å². The van der Waals surface area contributed by atoms with Crippen LogP contribution in [0.3, 0.4) is 0 Å². The van der Waals surface area contributed by atoms with E-state index in [1.54, 1.807) is 32.0 Å². The first-order valence-electron chi connectivity index (χ1n) is 11.8. The Morgan fingerprint density at radius 1 is 1.05 bits per heavy atom. The van der Waals surface area contributed by atoms with E-state index in [0.29, 0.717) is 42.7 Å². The van der Waals surface area contributed by atoms with E-state index in [0.717, 1.165) is 5.56 Å². The molecule has 0 spiro atoms. The van der Waals surface area contributed by atoms with Crippen molar-refractivity contribution >= 4 is 51.3 Å². The third-order valence-corrected chi connectivity index (χ3v) is 9.29. The summed E-state index contributed by atoms with van der Waals surface area (Å²) in [6.45, 7) is 3.53. The number of aryl methyl sites for hydroxylation is 2. The van der Waals surface area contributed by atoms with E-state index in [4.69, 9.17) is 9.47 Å². The number of hydrogen-bond acceptors (Lipinski definition) is 11. The number of nitrogens with zero attached hydrogens (tertiary/aromatic N) is 4. The molecule has 2 aromatic heterocycles. The van der Waals surface area contributed by atoms with Gasteiger partial charge in [0, 0.05) is 5.75 Å². The third-order valence-electron chi connectivity index (χ3n) is 6.09. The van der Waals surface area contributed by atoms with Gasteiger partial charge in [-0.3, -0.25) is 14.5 Å². The van der Waals surface area contributed by atoms with Crippen LogP contribution in [-0.4, -0.2) is 46.2 Å². The standard InChI is InChI=1S/C27H24N4O5S3/c1-14-24(38-15(2)28-14)22(32)20-21(17-10-11-18(35-3)19(12-17)36-4)31(25(34)23(20)33)26-29-30-27(39-26)37-13-16-8-6-5-7-9-16/h5-12,21,33H,13H2,1-4H3. The monoisotopic (exact) mass is 580 g/mol. The minimum absolute atomic E-state index is 0.0485. The highest BCUT2D eigenvalue weighted by atomic mass is 32.2. The van der Waals surface area contributed by atoms with Gasteiger partial charge in [0.2, 0.25) is 10.9 Å². The number of aromatic nitrogens is 3. The van der Waals surface area contributed by atoms with Gasteiger partial charge >= 0.3 is 0 Å². The number of carbonyl (C=O) groups excluding carboxylic acids is 2. The molecule has 1 atom stereocenters. The van der Waals surface area contributed by atoms with Crippen LogP contribution in [0.5, 0.6) is 11.5 Å². The molecule has 39 heavy (non-hydrogen) atoms. The summed E-state index contributed by atoms with van der Waals surface area (Å²) in [7, 11) is 3.03. The van der Waals surface area contributed by atoms with Crippen LogP contribution in [0.2, 0.25) is 0 Å². The number of rotatable bonds is 9. The van der Waals surface area contributed by atoms with Crippen molar-refractivity contribution in [2.45, 2.75) is 30.0 Å². The van der Waals surface area contributed by atoms with Crippen molar-refractivity contribution < 1.29 is 24.2 Å². The molecule has 1 aliphatic rings. The lowest BCUT2D eigenvalue weighted by Gasteiger charge is -2.24. The zero-order valence-corrected chi connectivity index (χ0v) is 23.9. The lowest BCUT2D eigenvalue weighted by molar-refractivity contribution is -0.117. The molecule has 2 aromatic carbocycles. The molecule has 0 radical (unpaired) electrons. The summed E-state index contributed by atoms with van der Waals surface area (Å²) >= 11 is 3.93. The van der Waals surface area contributed by atoms with Crippen LogP contribution in [0.15, 0.2) is 64.2 Å². The van der Waals surface area contributed by atoms with Gasteiger partial charge in [-0.25, -0.2) is 4.98 Å². The maximum atomic E-state index is 13.8. The van der Waals surface area contributed by atoms with Crippen molar-refractivity contribution in [2.75, 3.05) is 19.1 Å². The van der Waals surface area contributed by atoms with Gasteiger partial charge in [-0.1, -0.05) is 59.5 Å². The summed E-state index contributed by atoms with van der Waals surface area (Å²) in [6.07, 6.45) is 0. The predicted octanol–water partition coefficient (Wildman–Crippen LogP) is 5.70. The number of carbonyl (C=O) groups is 2. The summed E-state index contributed by atoms with van der Waals surface area (Å²) in [5.41, 5.74) is 2.16. The Labute approximate surface area is 237 Å². The van der Waals surface area contributed by atoms with Gasteiger partial charge in [-0.05, 0) is 37.1 Å². The molecule has 9 nitrogen and oxygen atoms in total. The second kappa shape index (κ2) is 11.2. The largest absolute Gasteiger partial charge is 0.503 e. The minimum Gasteiger partial charge on any atom is -0.503 e. The zero-order valence-electron chi connectivity index (χ0n) is 21.5. The van der Waals surface area contributed by atoms with E-state index >= 15 is 0 Å². The maximum absolute atomic E-state index is 13.8. The average Bonchev–Trinajstić information content (AvgIpc) is 3.62. The van der Waals surface area contributed by atoms with Crippen LogP contribution in [0, 0.1) is 13.8 Å². The first kappa shape index (κ1) is 26.9. The second-order valence-corrected chi connectivity index (χ2v) is 11.9. The molecular weight excluding hydrogens is 557 g/mol. The van der Waals surface area contributed by atoms with Gasteiger partial charge in [-0.2, -0.15) is 0 Å². The zero-order chi connectivity index (χ0) is 27.7.